The quantitative estimate of drug-likeness (QED) is 0.814. The number of likely N-dealkylation sites (tertiary alicyclic amines) is 1. The Bertz CT molecular complexity index is 300. The second-order valence-electron chi connectivity index (χ2n) is 8.08. The Hall–Kier alpha value is -0.160. The summed E-state index contributed by atoms with van der Waals surface area (Å²) in [6, 6.07) is 0. The summed E-state index contributed by atoms with van der Waals surface area (Å²) in [4.78, 5) is 2.64. The van der Waals surface area contributed by atoms with Crippen LogP contribution in [0.3, 0.4) is 0 Å². The molecule has 2 aliphatic rings. The van der Waals surface area contributed by atoms with E-state index in [0.29, 0.717) is 5.41 Å². The van der Waals surface area contributed by atoms with E-state index in [1.807, 2.05) is 7.11 Å². The zero-order valence-electron chi connectivity index (χ0n) is 14.4. The van der Waals surface area contributed by atoms with Crippen LogP contribution in [0.25, 0.3) is 0 Å². The van der Waals surface area contributed by atoms with Crippen LogP contribution in [0.15, 0.2) is 0 Å². The summed E-state index contributed by atoms with van der Waals surface area (Å²) in [5.74, 6) is 0.759. The van der Waals surface area contributed by atoms with Crippen LogP contribution in [0.5, 0.6) is 0 Å². The molecule has 0 aromatic carbocycles. The second-order valence-corrected chi connectivity index (χ2v) is 8.08. The lowest BCUT2D eigenvalue weighted by Gasteiger charge is -2.39. The van der Waals surface area contributed by atoms with Crippen molar-refractivity contribution in [2.75, 3.05) is 53.1 Å². The molecule has 0 bridgehead atoms. The fraction of sp³-hybridized carbons (Fsp3) is 1.00. The van der Waals surface area contributed by atoms with Crippen molar-refractivity contribution in [3.8, 4) is 0 Å². The SMILES string of the molecule is COCC1CCN(CC2(CNC(C)(C)C)CCOC2)CC1. The number of rotatable bonds is 6. The fourth-order valence-corrected chi connectivity index (χ4v) is 3.44. The van der Waals surface area contributed by atoms with Crippen LogP contribution < -0.4 is 5.32 Å². The van der Waals surface area contributed by atoms with Gasteiger partial charge in [0.05, 0.1) is 6.61 Å². The zero-order valence-corrected chi connectivity index (χ0v) is 14.4. The molecule has 0 spiro atoms. The third-order valence-electron chi connectivity index (χ3n) is 4.85. The van der Waals surface area contributed by atoms with Gasteiger partial charge in [0, 0.05) is 44.4 Å². The van der Waals surface area contributed by atoms with Crippen LogP contribution in [0.1, 0.15) is 40.0 Å². The van der Waals surface area contributed by atoms with E-state index in [-0.39, 0.29) is 5.54 Å². The summed E-state index contributed by atoms with van der Waals surface area (Å²) < 4.78 is 11.0. The predicted octanol–water partition coefficient (Wildman–Crippen LogP) is 2.14. The first-order valence-corrected chi connectivity index (χ1v) is 8.47. The molecule has 2 rings (SSSR count). The Morgan fingerprint density at radius 2 is 2.00 bits per heavy atom. The Labute approximate surface area is 130 Å². The number of nitrogens with one attached hydrogen (secondary N) is 1. The lowest BCUT2D eigenvalue weighted by molar-refractivity contribution is 0.0622. The Kier molecular flexibility index (Phi) is 6.06. The van der Waals surface area contributed by atoms with Crippen LogP contribution in [-0.4, -0.2) is 63.5 Å². The van der Waals surface area contributed by atoms with Gasteiger partial charge in [-0.15, -0.1) is 0 Å². The molecule has 0 aliphatic carbocycles. The number of hydrogen-bond donors (Lipinski definition) is 1. The van der Waals surface area contributed by atoms with Crippen LogP contribution >= 0.6 is 0 Å². The molecule has 2 aliphatic heterocycles. The second kappa shape index (κ2) is 7.40. The molecular formula is C17H34N2O2. The minimum absolute atomic E-state index is 0.182. The Balaban J connectivity index is 1.83. The van der Waals surface area contributed by atoms with Gasteiger partial charge >= 0.3 is 0 Å². The van der Waals surface area contributed by atoms with Crippen molar-refractivity contribution in [3.63, 3.8) is 0 Å². The molecule has 4 nitrogen and oxygen atoms in total. The highest BCUT2D eigenvalue weighted by molar-refractivity contribution is 4.91. The van der Waals surface area contributed by atoms with Gasteiger partial charge in [0.1, 0.15) is 0 Å². The largest absolute Gasteiger partial charge is 0.384 e. The number of piperidine rings is 1. The van der Waals surface area contributed by atoms with Crippen molar-refractivity contribution in [1.82, 2.24) is 10.2 Å². The van der Waals surface area contributed by atoms with E-state index in [0.717, 1.165) is 32.3 Å². The maximum Gasteiger partial charge on any atom is 0.0547 e. The summed E-state index contributed by atoms with van der Waals surface area (Å²) in [5, 5.41) is 3.70. The van der Waals surface area contributed by atoms with Gasteiger partial charge in [-0.3, -0.25) is 0 Å². The van der Waals surface area contributed by atoms with Crippen molar-refractivity contribution >= 4 is 0 Å². The highest BCUT2D eigenvalue weighted by Crippen LogP contribution is 2.31. The molecule has 124 valence electrons. The molecule has 4 heteroatoms. The van der Waals surface area contributed by atoms with Gasteiger partial charge in [0.25, 0.3) is 0 Å². The first-order valence-electron chi connectivity index (χ1n) is 8.47. The third kappa shape index (κ3) is 5.51. The number of nitrogens with zero attached hydrogens (tertiary/aromatic N) is 1. The highest BCUT2D eigenvalue weighted by Gasteiger charge is 2.38. The lowest BCUT2D eigenvalue weighted by Crippen LogP contribution is -2.50. The maximum atomic E-state index is 5.74. The molecule has 0 saturated carbocycles. The molecule has 0 amide bonds. The van der Waals surface area contributed by atoms with Gasteiger partial charge in [-0.05, 0) is 59.0 Å². The van der Waals surface area contributed by atoms with E-state index < -0.39 is 0 Å². The molecule has 2 heterocycles. The van der Waals surface area contributed by atoms with Crippen LogP contribution in [0, 0.1) is 11.3 Å². The summed E-state index contributed by atoms with van der Waals surface area (Å²) in [6.45, 7) is 14.2. The summed E-state index contributed by atoms with van der Waals surface area (Å²) in [6.07, 6.45) is 3.74. The third-order valence-corrected chi connectivity index (χ3v) is 4.85. The topological polar surface area (TPSA) is 33.7 Å². The van der Waals surface area contributed by atoms with Gasteiger partial charge in [-0.2, -0.15) is 0 Å². The van der Waals surface area contributed by atoms with E-state index in [2.05, 4.69) is 31.0 Å². The van der Waals surface area contributed by atoms with Crippen molar-refractivity contribution in [1.29, 1.82) is 0 Å². The van der Waals surface area contributed by atoms with E-state index in [1.54, 1.807) is 0 Å². The first kappa shape index (κ1) is 17.2. The standard InChI is InChI=1S/C17H34N2O2/c1-16(2,3)18-12-17(7-10-21-14-17)13-19-8-5-15(6-9-19)11-20-4/h15,18H,5-14H2,1-4H3. The molecule has 0 aromatic rings. The number of methoxy groups -OCH3 is 1. The summed E-state index contributed by atoms with van der Waals surface area (Å²) >= 11 is 0. The van der Waals surface area contributed by atoms with Crippen LogP contribution in [0.2, 0.25) is 0 Å². The molecule has 21 heavy (non-hydrogen) atoms. The monoisotopic (exact) mass is 298 g/mol. The fourth-order valence-electron chi connectivity index (χ4n) is 3.44. The van der Waals surface area contributed by atoms with Gasteiger partial charge in [0.2, 0.25) is 0 Å². The lowest BCUT2D eigenvalue weighted by atomic mass is 9.84. The average molecular weight is 298 g/mol. The first-order chi connectivity index (χ1) is 9.92. The zero-order chi connectivity index (χ0) is 15.3. The van der Waals surface area contributed by atoms with Crippen molar-refractivity contribution < 1.29 is 9.47 Å². The minimum Gasteiger partial charge on any atom is -0.384 e. The van der Waals surface area contributed by atoms with Gasteiger partial charge in [0.15, 0.2) is 0 Å². The van der Waals surface area contributed by atoms with Crippen molar-refractivity contribution in [2.24, 2.45) is 11.3 Å². The van der Waals surface area contributed by atoms with E-state index in [9.17, 15) is 0 Å². The Morgan fingerprint density at radius 1 is 1.29 bits per heavy atom. The van der Waals surface area contributed by atoms with Crippen molar-refractivity contribution in [2.45, 2.75) is 45.6 Å². The molecule has 0 aromatic heterocycles. The smallest absolute Gasteiger partial charge is 0.0547 e. The molecule has 2 fully saturated rings. The van der Waals surface area contributed by atoms with E-state index in [1.165, 1.54) is 38.9 Å². The highest BCUT2D eigenvalue weighted by atomic mass is 16.5. The molecule has 1 unspecified atom stereocenters. The van der Waals surface area contributed by atoms with E-state index >= 15 is 0 Å². The number of hydrogen-bond acceptors (Lipinski definition) is 4. The van der Waals surface area contributed by atoms with Crippen molar-refractivity contribution in [3.05, 3.63) is 0 Å². The van der Waals surface area contributed by atoms with Gasteiger partial charge in [-0.25, -0.2) is 0 Å². The molecule has 1 N–H and O–H groups in total. The molecular weight excluding hydrogens is 264 g/mol. The Morgan fingerprint density at radius 3 is 2.52 bits per heavy atom. The van der Waals surface area contributed by atoms with Gasteiger partial charge in [-0.1, -0.05) is 0 Å². The van der Waals surface area contributed by atoms with Crippen LogP contribution in [0.4, 0.5) is 0 Å². The average Bonchev–Trinajstić information content (AvgIpc) is 2.88. The predicted molar refractivity (Wildman–Crippen MR) is 86.7 cm³/mol. The maximum absolute atomic E-state index is 5.74. The molecule has 2 saturated heterocycles. The minimum atomic E-state index is 0.182. The normalized spacial score (nSPS) is 29.1. The van der Waals surface area contributed by atoms with E-state index in [4.69, 9.17) is 9.47 Å². The molecule has 1 atom stereocenters. The van der Waals surface area contributed by atoms with Gasteiger partial charge < -0.3 is 19.7 Å². The summed E-state index contributed by atoms with van der Waals surface area (Å²) in [7, 11) is 1.81. The van der Waals surface area contributed by atoms with Crippen LogP contribution in [-0.2, 0) is 9.47 Å². The summed E-state index contributed by atoms with van der Waals surface area (Å²) in [5.41, 5.74) is 0.489. The number of ether oxygens (including phenoxy) is 2. The molecule has 0 radical (unpaired) electrons.